The molecule has 2 aliphatic rings. The number of carbonyl (C=O) groups excluding carboxylic acids is 1. The van der Waals surface area contributed by atoms with Crippen LogP contribution in [0.4, 0.5) is 5.69 Å². The fourth-order valence-corrected chi connectivity index (χ4v) is 5.78. The van der Waals surface area contributed by atoms with Crippen molar-refractivity contribution in [2.45, 2.75) is 25.7 Å². The SMILES string of the molecule is O=C(CN1CCN(S(=O)(=O)N2CCCCCC2)CC1)Nc1cc(Cl)cc(Cl)c1. The summed E-state index contributed by atoms with van der Waals surface area (Å²) in [6.45, 7) is 3.25. The molecule has 28 heavy (non-hydrogen) atoms. The lowest BCUT2D eigenvalue weighted by molar-refractivity contribution is -0.117. The number of benzene rings is 1. The molecule has 0 unspecified atom stereocenters. The zero-order valence-electron chi connectivity index (χ0n) is 15.7. The molecule has 2 saturated heterocycles. The molecule has 1 amide bonds. The average Bonchev–Trinajstić information content (AvgIpc) is 2.91. The van der Waals surface area contributed by atoms with Crippen molar-refractivity contribution in [3.63, 3.8) is 0 Å². The predicted molar refractivity (Wildman–Crippen MR) is 112 cm³/mol. The first-order valence-corrected chi connectivity index (χ1v) is 11.7. The Hall–Kier alpha value is -0.900. The second kappa shape index (κ2) is 9.73. The lowest BCUT2D eigenvalue weighted by atomic mass is 10.2. The van der Waals surface area contributed by atoms with Crippen LogP contribution in [0.5, 0.6) is 0 Å². The Kier molecular flexibility index (Phi) is 7.58. The number of halogens is 2. The van der Waals surface area contributed by atoms with E-state index in [0.29, 0.717) is 55.0 Å². The maximum atomic E-state index is 12.9. The van der Waals surface area contributed by atoms with Gasteiger partial charge in [-0.05, 0) is 31.0 Å². The molecule has 0 aromatic heterocycles. The number of nitrogens with zero attached hydrogens (tertiary/aromatic N) is 3. The Morgan fingerprint density at radius 1 is 0.857 bits per heavy atom. The van der Waals surface area contributed by atoms with E-state index >= 15 is 0 Å². The molecule has 7 nitrogen and oxygen atoms in total. The second-order valence-electron chi connectivity index (χ2n) is 7.20. The first-order chi connectivity index (χ1) is 13.3. The molecule has 0 spiro atoms. The van der Waals surface area contributed by atoms with E-state index in [-0.39, 0.29) is 12.5 Å². The summed E-state index contributed by atoms with van der Waals surface area (Å²) < 4.78 is 28.9. The second-order valence-corrected chi connectivity index (χ2v) is 10.0. The van der Waals surface area contributed by atoms with Crippen LogP contribution in [0.3, 0.4) is 0 Å². The predicted octanol–water partition coefficient (Wildman–Crippen LogP) is 2.67. The van der Waals surface area contributed by atoms with E-state index in [1.54, 1.807) is 26.8 Å². The van der Waals surface area contributed by atoms with Crippen LogP contribution in [0.25, 0.3) is 0 Å². The first kappa shape index (κ1) is 21.8. The Morgan fingerprint density at radius 3 is 1.96 bits per heavy atom. The lowest BCUT2D eigenvalue weighted by Crippen LogP contribution is -2.54. The molecule has 2 aliphatic heterocycles. The van der Waals surface area contributed by atoms with Crippen molar-refractivity contribution in [2.24, 2.45) is 0 Å². The third kappa shape index (κ3) is 5.81. The van der Waals surface area contributed by atoms with Gasteiger partial charge in [0, 0.05) is 55.0 Å². The van der Waals surface area contributed by atoms with E-state index in [1.165, 1.54) is 0 Å². The molecule has 0 aliphatic carbocycles. The van der Waals surface area contributed by atoms with Crippen molar-refractivity contribution in [3.05, 3.63) is 28.2 Å². The molecule has 2 heterocycles. The van der Waals surface area contributed by atoms with Crippen molar-refractivity contribution in [2.75, 3.05) is 51.1 Å². The number of hydrogen-bond donors (Lipinski definition) is 1. The summed E-state index contributed by atoms with van der Waals surface area (Å²) in [5.41, 5.74) is 0.546. The maximum absolute atomic E-state index is 12.9. The van der Waals surface area contributed by atoms with Gasteiger partial charge in [-0.15, -0.1) is 0 Å². The highest BCUT2D eigenvalue weighted by molar-refractivity contribution is 7.86. The summed E-state index contributed by atoms with van der Waals surface area (Å²) in [4.78, 5) is 14.2. The summed E-state index contributed by atoms with van der Waals surface area (Å²) in [5.74, 6) is -0.179. The molecule has 0 saturated carbocycles. The van der Waals surface area contributed by atoms with Crippen LogP contribution in [0.2, 0.25) is 10.0 Å². The standard InChI is InChI=1S/C18H26Cl2N4O3S/c19-15-11-16(20)13-17(12-15)21-18(25)14-22-7-9-24(10-8-22)28(26,27)23-5-3-1-2-4-6-23/h11-13H,1-10,14H2,(H,21,25). The molecule has 3 rings (SSSR count). The van der Waals surface area contributed by atoms with Crippen LogP contribution in [0.1, 0.15) is 25.7 Å². The van der Waals surface area contributed by atoms with Gasteiger partial charge in [0.25, 0.3) is 10.2 Å². The minimum Gasteiger partial charge on any atom is -0.325 e. The van der Waals surface area contributed by atoms with Crippen LogP contribution in [0.15, 0.2) is 18.2 Å². The normalized spacial score (nSPS) is 20.6. The van der Waals surface area contributed by atoms with Gasteiger partial charge < -0.3 is 5.32 Å². The number of carbonyl (C=O) groups is 1. The molecule has 0 atom stereocenters. The largest absolute Gasteiger partial charge is 0.325 e. The van der Waals surface area contributed by atoms with Gasteiger partial charge in [0.2, 0.25) is 5.91 Å². The topological polar surface area (TPSA) is 73.0 Å². The van der Waals surface area contributed by atoms with E-state index in [2.05, 4.69) is 5.32 Å². The lowest BCUT2D eigenvalue weighted by Gasteiger charge is -2.36. The van der Waals surface area contributed by atoms with Crippen molar-refractivity contribution in [3.8, 4) is 0 Å². The fraction of sp³-hybridized carbons (Fsp3) is 0.611. The molecular weight excluding hydrogens is 423 g/mol. The molecule has 156 valence electrons. The summed E-state index contributed by atoms with van der Waals surface area (Å²) >= 11 is 11.9. The van der Waals surface area contributed by atoms with Gasteiger partial charge in [0.05, 0.1) is 6.54 Å². The highest BCUT2D eigenvalue weighted by atomic mass is 35.5. The number of rotatable bonds is 5. The quantitative estimate of drug-likeness (QED) is 0.751. The van der Waals surface area contributed by atoms with Gasteiger partial charge in [0.1, 0.15) is 0 Å². The van der Waals surface area contributed by atoms with Crippen LogP contribution < -0.4 is 5.32 Å². The number of hydrogen-bond acceptors (Lipinski definition) is 4. The minimum absolute atomic E-state index is 0.179. The summed E-state index contributed by atoms with van der Waals surface area (Å²) in [7, 11) is -3.41. The van der Waals surface area contributed by atoms with Crippen molar-refractivity contribution < 1.29 is 13.2 Å². The third-order valence-electron chi connectivity index (χ3n) is 5.06. The van der Waals surface area contributed by atoms with Gasteiger partial charge in [-0.1, -0.05) is 36.0 Å². The number of nitrogens with one attached hydrogen (secondary N) is 1. The molecular formula is C18H26Cl2N4O3S. The monoisotopic (exact) mass is 448 g/mol. The molecule has 1 aromatic carbocycles. The van der Waals surface area contributed by atoms with E-state index in [0.717, 1.165) is 25.7 Å². The number of piperazine rings is 1. The van der Waals surface area contributed by atoms with Crippen molar-refractivity contribution in [1.82, 2.24) is 13.5 Å². The molecule has 1 N–H and O–H groups in total. The highest BCUT2D eigenvalue weighted by Gasteiger charge is 2.32. The highest BCUT2D eigenvalue weighted by Crippen LogP contribution is 2.22. The minimum atomic E-state index is -3.41. The van der Waals surface area contributed by atoms with Gasteiger partial charge in [0.15, 0.2) is 0 Å². The zero-order valence-corrected chi connectivity index (χ0v) is 18.1. The van der Waals surface area contributed by atoms with Crippen molar-refractivity contribution in [1.29, 1.82) is 0 Å². The van der Waals surface area contributed by atoms with Gasteiger partial charge in [-0.3, -0.25) is 9.69 Å². The summed E-state index contributed by atoms with van der Waals surface area (Å²) in [5, 5.41) is 3.69. The van der Waals surface area contributed by atoms with Crippen LogP contribution in [0, 0.1) is 0 Å². The molecule has 1 aromatic rings. The van der Waals surface area contributed by atoms with Crippen LogP contribution in [-0.2, 0) is 15.0 Å². The molecule has 10 heteroatoms. The van der Waals surface area contributed by atoms with E-state index in [4.69, 9.17) is 23.2 Å². The van der Waals surface area contributed by atoms with E-state index in [1.807, 2.05) is 4.90 Å². The first-order valence-electron chi connectivity index (χ1n) is 9.58. The Morgan fingerprint density at radius 2 is 1.39 bits per heavy atom. The molecule has 0 bridgehead atoms. The van der Waals surface area contributed by atoms with Gasteiger partial charge >= 0.3 is 0 Å². The Bertz CT molecular complexity index is 770. The summed E-state index contributed by atoms with van der Waals surface area (Å²) in [6.07, 6.45) is 4.03. The van der Waals surface area contributed by atoms with Crippen LogP contribution in [-0.4, -0.2) is 73.6 Å². The molecule has 2 fully saturated rings. The maximum Gasteiger partial charge on any atom is 0.282 e. The summed E-state index contributed by atoms with van der Waals surface area (Å²) in [6, 6.07) is 4.87. The van der Waals surface area contributed by atoms with Crippen LogP contribution >= 0.6 is 23.2 Å². The average molecular weight is 449 g/mol. The fourth-order valence-electron chi connectivity index (χ4n) is 3.58. The third-order valence-corrected chi connectivity index (χ3v) is 7.53. The molecule has 0 radical (unpaired) electrons. The smallest absolute Gasteiger partial charge is 0.282 e. The van der Waals surface area contributed by atoms with Gasteiger partial charge in [-0.25, -0.2) is 0 Å². The Labute approximate surface area is 176 Å². The number of amides is 1. The number of anilines is 1. The van der Waals surface area contributed by atoms with E-state index in [9.17, 15) is 13.2 Å². The zero-order chi connectivity index (χ0) is 20.1. The van der Waals surface area contributed by atoms with Crippen molar-refractivity contribution >= 4 is 45.0 Å². The van der Waals surface area contributed by atoms with E-state index < -0.39 is 10.2 Å². The van der Waals surface area contributed by atoms with Gasteiger partial charge in [-0.2, -0.15) is 17.0 Å². The Balaban J connectivity index is 1.50.